The number of aliphatic carboxylic acids is 1. The highest BCUT2D eigenvalue weighted by atomic mass is 16.5. The summed E-state index contributed by atoms with van der Waals surface area (Å²) < 4.78 is 10.2. The van der Waals surface area contributed by atoms with Crippen molar-refractivity contribution < 1.29 is 28.6 Å². The lowest BCUT2D eigenvalue weighted by Crippen LogP contribution is -2.50. The molecule has 1 atom stereocenters. The normalized spacial score (nSPS) is 12.0. The van der Waals surface area contributed by atoms with Crippen molar-refractivity contribution in [3.05, 3.63) is 95.6 Å². The van der Waals surface area contributed by atoms with Crippen molar-refractivity contribution >= 4 is 23.9 Å². The average Bonchev–Trinajstić information content (AvgIpc) is 3.34. The van der Waals surface area contributed by atoms with Crippen molar-refractivity contribution in [2.75, 3.05) is 7.11 Å². The maximum Gasteiger partial charge on any atom is 0.291 e. The summed E-state index contributed by atoms with van der Waals surface area (Å²) in [7, 11) is 1.53. The Morgan fingerprint density at radius 2 is 1.75 bits per heavy atom. The first-order valence-electron chi connectivity index (χ1n) is 9.72. The molecule has 2 N–H and O–H groups in total. The molecule has 3 aromatic rings. The monoisotopic (exact) mass is 433 g/mol. The molecule has 32 heavy (non-hydrogen) atoms. The number of hydrogen-bond acceptors (Lipinski definition) is 6. The van der Waals surface area contributed by atoms with Crippen LogP contribution in [0.3, 0.4) is 0 Å². The zero-order valence-electron chi connectivity index (χ0n) is 17.2. The van der Waals surface area contributed by atoms with Gasteiger partial charge in [-0.2, -0.15) is 0 Å². The number of ether oxygens (including phenoxy) is 1. The van der Waals surface area contributed by atoms with E-state index in [9.17, 15) is 19.5 Å². The summed E-state index contributed by atoms with van der Waals surface area (Å²) in [5.41, 5.74) is 1.14. The molecule has 0 saturated carbocycles. The van der Waals surface area contributed by atoms with E-state index in [1.807, 2.05) is 0 Å². The van der Waals surface area contributed by atoms with Crippen LogP contribution >= 0.6 is 0 Å². The van der Waals surface area contributed by atoms with E-state index in [0.29, 0.717) is 16.9 Å². The van der Waals surface area contributed by atoms with Gasteiger partial charge in [-0.05, 0) is 47.9 Å². The second kappa shape index (κ2) is 10.6. The van der Waals surface area contributed by atoms with E-state index < -0.39 is 23.8 Å². The van der Waals surface area contributed by atoms with Gasteiger partial charge >= 0.3 is 0 Å². The maximum atomic E-state index is 12.9. The van der Waals surface area contributed by atoms with Crippen molar-refractivity contribution in [1.29, 1.82) is 0 Å². The first kappa shape index (κ1) is 22.4. The van der Waals surface area contributed by atoms with Gasteiger partial charge in [-0.25, -0.2) is 0 Å². The molecular weight excluding hydrogens is 412 g/mol. The lowest BCUT2D eigenvalue weighted by atomic mass is 10.1. The molecule has 2 amide bonds. The predicted octanol–water partition coefficient (Wildman–Crippen LogP) is 1.54. The number of furan rings is 1. The van der Waals surface area contributed by atoms with Crippen LogP contribution in [-0.2, 0) is 16.0 Å². The third-order valence-corrected chi connectivity index (χ3v) is 4.54. The van der Waals surface area contributed by atoms with Crippen molar-refractivity contribution in [1.82, 2.24) is 10.6 Å². The molecule has 0 spiro atoms. The number of benzene rings is 2. The fourth-order valence-corrected chi connectivity index (χ4v) is 2.90. The molecule has 1 heterocycles. The van der Waals surface area contributed by atoms with Crippen LogP contribution in [0, 0.1) is 0 Å². The molecular formula is C24H21N2O6-. The molecule has 0 unspecified atom stereocenters. The smallest absolute Gasteiger partial charge is 0.291 e. The molecule has 0 aliphatic carbocycles. The largest absolute Gasteiger partial charge is 0.548 e. The van der Waals surface area contributed by atoms with E-state index in [2.05, 4.69) is 10.6 Å². The predicted molar refractivity (Wildman–Crippen MR) is 114 cm³/mol. The standard InChI is InChI=1S/C24H22N2O6/c1-31-18-11-9-17(10-12-18)14-19(25-23(28)21-8-5-13-32-21)22(27)26-20(24(29)30)15-16-6-3-2-4-7-16/h2-14,20H,15H2,1H3,(H,25,28)(H,26,27)(H,29,30)/p-1/b19-14-/t20-/m1/s1. The van der Waals surface area contributed by atoms with E-state index in [-0.39, 0.29) is 17.9 Å². The summed E-state index contributed by atoms with van der Waals surface area (Å²) in [4.78, 5) is 37.0. The Bertz CT molecular complexity index is 1090. The van der Waals surface area contributed by atoms with Gasteiger partial charge in [-0.15, -0.1) is 0 Å². The molecule has 3 rings (SSSR count). The highest BCUT2D eigenvalue weighted by Crippen LogP contribution is 2.14. The quantitative estimate of drug-likeness (QED) is 0.494. The third-order valence-electron chi connectivity index (χ3n) is 4.54. The number of amides is 2. The van der Waals surface area contributed by atoms with Crippen LogP contribution in [0.15, 0.2) is 83.1 Å². The van der Waals surface area contributed by atoms with Crippen LogP contribution in [0.1, 0.15) is 21.7 Å². The highest BCUT2D eigenvalue weighted by Gasteiger charge is 2.20. The fraction of sp³-hybridized carbons (Fsp3) is 0.125. The first-order valence-corrected chi connectivity index (χ1v) is 9.72. The number of rotatable bonds is 9. The molecule has 8 heteroatoms. The van der Waals surface area contributed by atoms with Crippen LogP contribution in [-0.4, -0.2) is 30.9 Å². The van der Waals surface area contributed by atoms with Gasteiger partial charge in [0.15, 0.2) is 5.76 Å². The van der Waals surface area contributed by atoms with Crippen molar-refractivity contribution in [3.8, 4) is 5.75 Å². The third kappa shape index (κ3) is 6.09. The molecule has 8 nitrogen and oxygen atoms in total. The lowest BCUT2D eigenvalue weighted by Gasteiger charge is -2.21. The Kier molecular flexibility index (Phi) is 7.42. The molecule has 164 valence electrons. The van der Waals surface area contributed by atoms with Gasteiger partial charge < -0.3 is 29.7 Å². The molecule has 1 aromatic heterocycles. The van der Waals surface area contributed by atoms with Gasteiger partial charge in [0, 0.05) is 0 Å². The Morgan fingerprint density at radius 1 is 1.03 bits per heavy atom. The summed E-state index contributed by atoms with van der Waals surface area (Å²) in [6, 6.07) is 17.3. The lowest BCUT2D eigenvalue weighted by molar-refractivity contribution is -0.308. The Morgan fingerprint density at radius 3 is 2.34 bits per heavy atom. The Labute approximate surface area is 184 Å². The van der Waals surface area contributed by atoms with Gasteiger partial charge in [0.2, 0.25) is 0 Å². The topological polar surface area (TPSA) is 121 Å². The molecule has 0 fully saturated rings. The van der Waals surface area contributed by atoms with E-state index in [1.165, 1.54) is 31.6 Å². The van der Waals surface area contributed by atoms with E-state index in [4.69, 9.17) is 9.15 Å². The minimum absolute atomic E-state index is 0.000771. The summed E-state index contributed by atoms with van der Waals surface area (Å²) in [5.74, 6) is -2.26. The van der Waals surface area contributed by atoms with Gasteiger partial charge in [0.1, 0.15) is 11.4 Å². The zero-order chi connectivity index (χ0) is 22.9. The number of carbonyl (C=O) groups excluding carboxylic acids is 3. The van der Waals surface area contributed by atoms with Crippen molar-refractivity contribution in [2.24, 2.45) is 0 Å². The van der Waals surface area contributed by atoms with E-state index >= 15 is 0 Å². The molecule has 0 radical (unpaired) electrons. The Hall–Kier alpha value is -4.33. The molecule has 0 saturated heterocycles. The van der Waals surface area contributed by atoms with Crippen LogP contribution in [0.25, 0.3) is 6.08 Å². The van der Waals surface area contributed by atoms with E-state index in [1.54, 1.807) is 54.6 Å². The number of carboxylic acids is 1. The summed E-state index contributed by atoms with van der Waals surface area (Å²) in [5, 5.41) is 16.5. The number of carboxylic acid groups (broad SMARTS) is 1. The maximum absolute atomic E-state index is 12.9. The average molecular weight is 433 g/mol. The number of nitrogens with one attached hydrogen (secondary N) is 2. The van der Waals surface area contributed by atoms with E-state index in [0.717, 1.165) is 0 Å². The van der Waals surface area contributed by atoms with Crippen molar-refractivity contribution in [2.45, 2.75) is 12.5 Å². The number of carbonyl (C=O) groups is 3. The van der Waals surface area contributed by atoms with Crippen LogP contribution in [0.5, 0.6) is 5.75 Å². The highest BCUT2D eigenvalue weighted by molar-refractivity contribution is 6.05. The van der Waals surface area contributed by atoms with Gasteiger partial charge in [-0.1, -0.05) is 42.5 Å². The zero-order valence-corrected chi connectivity index (χ0v) is 17.2. The van der Waals surface area contributed by atoms with Crippen LogP contribution < -0.4 is 20.5 Å². The SMILES string of the molecule is COc1ccc(/C=C(\NC(=O)c2ccco2)C(=O)N[C@H](Cc2ccccc2)C(=O)[O-])cc1. The molecule has 0 bridgehead atoms. The van der Waals surface area contributed by atoms with Crippen LogP contribution in [0.2, 0.25) is 0 Å². The summed E-state index contributed by atoms with van der Waals surface area (Å²) >= 11 is 0. The summed E-state index contributed by atoms with van der Waals surface area (Å²) in [6.07, 6.45) is 2.77. The molecule has 0 aliphatic heterocycles. The summed E-state index contributed by atoms with van der Waals surface area (Å²) in [6.45, 7) is 0. The van der Waals surface area contributed by atoms with Crippen molar-refractivity contribution in [3.63, 3.8) is 0 Å². The minimum Gasteiger partial charge on any atom is -0.548 e. The van der Waals surface area contributed by atoms with Gasteiger partial charge in [0.05, 0.1) is 25.4 Å². The van der Waals surface area contributed by atoms with Gasteiger partial charge in [0.25, 0.3) is 11.8 Å². The van der Waals surface area contributed by atoms with Gasteiger partial charge in [-0.3, -0.25) is 9.59 Å². The number of methoxy groups -OCH3 is 1. The van der Waals surface area contributed by atoms with Crippen LogP contribution in [0.4, 0.5) is 0 Å². The molecule has 2 aromatic carbocycles. The second-order valence-corrected chi connectivity index (χ2v) is 6.80. The number of hydrogen-bond donors (Lipinski definition) is 2. The fourth-order valence-electron chi connectivity index (χ4n) is 2.90. The Balaban J connectivity index is 1.84. The second-order valence-electron chi connectivity index (χ2n) is 6.80. The first-order chi connectivity index (χ1) is 15.5. The minimum atomic E-state index is -1.44. The molecule has 0 aliphatic rings.